The number of likely N-dealkylation sites (tertiary alicyclic amines) is 1. The van der Waals surface area contributed by atoms with Gasteiger partial charge in [-0.05, 0) is 75.1 Å². The van der Waals surface area contributed by atoms with E-state index in [9.17, 15) is 26.4 Å². The summed E-state index contributed by atoms with van der Waals surface area (Å²) in [5, 5.41) is 0. The lowest BCUT2D eigenvalue weighted by molar-refractivity contribution is -0.137. The fourth-order valence-corrected chi connectivity index (χ4v) is 7.14. The number of carbonyl (C=O) groups excluding carboxylic acids is 1. The van der Waals surface area contributed by atoms with Gasteiger partial charge in [0.05, 0.1) is 15.2 Å². The largest absolute Gasteiger partial charge is 0.416 e. The van der Waals surface area contributed by atoms with Crippen molar-refractivity contribution >= 4 is 27.5 Å². The second kappa shape index (κ2) is 9.81. The average Bonchev–Trinajstić information content (AvgIpc) is 2.77. The van der Waals surface area contributed by atoms with Crippen LogP contribution < -0.4 is 0 Å². The number of alkyl halides is 3. The Bertz CT molecular complexity index is 1160. The fraction of sp³-hybridized carbons (Fsp3) is 0.500. The first kappa shape index (κ1) is 27.6. The van der Waals surface area contributed by atoms with E-state index in [-0.39, 0.29) is 21.5 Å². The van der Waals surface area contributed by atoms with E-state index in [1.807, 2.05) is 24.3 Å². The normalized spacial score (nSPS) is 16.4. The zero-order valence-corrected chi connectivity index (χ0v) is 22.3. The molecule has 2 aromatic rings. The maximum Gasteiger partial charge on any atom is 0.416 e. The maximum absolute atomic E-state index is 13.4. The van der Waals surface area contributed by atoms with E-state index in [0.29, 0.717) is 37.6 Å². The molecule has 35 heavy (non-hydrogen) atoms. The van der Waals surface area contributed by atoms with Crippen LogP contribution in [0.3, 0.4) is 0 Å². The number of piperidine rings is 1. The second-order valence-corrected chi connectivity index (χ2v) is 14.9. The number of hydrogen-bond acceptors (Lipinski definition) is 4. The summed E-state index contributed by atoms with van der Waals surface area (Å²) in [7, 11) is -4.04. The lowest BCUT2D eigenvalue weighted by Crippen LogP contribution is -2.47. The van der Waals surface area contributed by atoms with Crippen LogP contribution >= 0.6 is 11.8 Å². The highest BCUT2D eigenvalue weighted by molar-refractivity contribution is 8.00. The van der Waals surface area contributed by atoms with E-state index in [4.69, 9.17) is 0 Å². The van der Waals surface area contributed by atoms with Crippen molar-refractivity contribution in [3.05, 3.63) is 59.7 Å². The predicted octanol–water partition coefficient (Wildman–Crippen LogP) is 6.70. The van der Waals surface area contributed by atoms with Crippen molar-refractivity contribution in [3.63, 3.8) is 0 Å². The lowest BCUT2D eigenvalue weighted by atomic mass is 9.85. The summed E-state index contributed by atoms with van der Waals surface area (Å²) in [5.41, 5.74) is -0.403. The smallest absolute Gasteiger partial charge is 0.339 e. The molecule has 0 radical (unpaired) electrons. The van der Waals surface area contributed by atoms with E-state index in [1.54, 1.807) is 30.5 Å². The topological polar surface area (TPSA) is 54.5 Å². The lowest BCUT2D eigenvalue weighted by Gasteiger charge is -2.40. The van der Waals surface area contributed by atoms with Crippen LogP contribution in [0.2, 0.25) is 0 Å². The molecule has 4 nitrogen and oxygen atoms in total. The summed E-state index contributed by atoms with van der Waals surface area (Å²) in [6.07, 6.45) is -3.71. The van der Waals surface area contributed by atoms with Crippen LogP contribution in [0, 0.1) is 5.92 Å². The minimum Gasteiger partial charge on any atom is -0.339 e. The molecule has 1 heterocycles. The van der Waals surface area contributed by atoms with Gasteiger partial charge in [0.15, 0.2) is 9.84 Å². The van der Waals surface area contributed by atoms with Crippen molar-refractivity contribution in [1.82, 2.24) is 4.90 Å². The Labute approximate surface area is 210 Å². The van der Waals surface area contributed by atoms with Gasteiger partial charge in [-0.25, -0.2) is 8.42 Å². The molecule has 0 unspecified atom stereocenters. The summed E-state index contributed by atoms with van der Waals surface area (Å²) in [6, 6.07) is 11.4. The predicted molar refractivity (Wildman–Crippen MR) is 133 cm³/mol. The number of nitrogens with zero attached hydrogens (tertiary/aromatic N) is 1. The number of amides is 1. The minimum atomic E-state index is -4.62. The van der Waals surface area contributed by atoms with Gasteiger partial charge in [-0.15, -0.1) is 11.8 Å². The third-order valence-corrected chi connectivity index (χ3v) is 10.2. The summed E-state index contributed by atoms with van der Waals surface area (Å²) in [4.78, 5) is 15.5. The first-order valence-corrected chi connectivity index (χ1v) is 13.8. The molecule has 192 valence electrons. The van der Waals surface area contributed by atoms with Crippen LogP contribution in [0.5, 0.6) is 0 Å². The first-order chi connectivity index (χ1) is 16.0. The molecule has 1 saturated heterocycles. The molecular weight excluding hydrogens is 495 g/mol. The third-order valence-electron chi connectivity index (χ3n) is 6.45. The number of sulfone groups is 1. The highest BCUT2D eigenvalue weighted by Gasteiger charge is 2.45. The summed E-state index contributed by atoms with van der Waals surface area (Å²) in [5.74, 6) is -0.397. The van der Waals surface area contributed by atoms with Crippen LogP contribution in [0.25, 0.3) is 0 Å². The van der Waals surface area contributed by atoms with Gasteiger partial charge in [0, 0.05) is 28.3 Å². The zero-order chi connectivity index (χ0) is 26.2. The van der Waals surface area contributed by atoms with Crippen molar-refractivity contribution < 1.29 is 26.4 Å². The fourth-order valence-electron chi connectivity index (χ4n) is 4.34. The van der Waals surface area contributed by atoms with E-state index < -0.39 is 26.3 Å². The quantitative estimate of drug-likeness (QED) is 0.406. The van der Waals surface area contributed by atoms with E-state index in [2.05, 4.69) is 20.8 Å². The zero-order valence-electron chi connectivity index (χ0n) is 20.6. The van der Waals surface area contributed by atoms with Crippen molar-refractivity contribution in [2.24, 2.45) is 5.92 Å². The maximum atomic E-state index is 13.4. The van der Waals surface area contributed by atoms with Gasteiger partial charge >= 0.3 is 6.18 Å². The van der Waals surface area contributed by atoms with Gasteiger partial charge in [-0.3, -0.25) is 4.79 Å². The molecule has 2 aromatic carbocycles. The molecule has 0 aliphatic carbocycles. The molecule has 1 aliphatic heterocycles. The summed E-state index contributed by atoms with van der Waals surface area (Å²) in [6.45, 7) is 10.3. The molecule has 9 heteroatoms. The number of halogens is 3. The molecule has 1 fully saturated rings. The molecule has 0 N–H and O–H groups in total. The highest BCUT2D eigenvalue weighted by Crippen LogP contribution is 2.40. The van der Waals surface area contributed by atoms with Gasteiger partial charge in [0.1, 0.15) is 0 Å². The SMILES string of the molecule is CC(C)(C)Sc1ccc(C(=O)N2CCC(C(C)(C)S(=O)(=O)c3cccc(C(F)(F)F)c3)CC2)cc1. The number of rotatable bonds is 5. The van der Waals surface area contributed by atoms with Gasteiger partial charge in [-0.2, -0.15) is 13.2 Å². The molecule has 0 atom stereocenters. The Hall–Kier alpha value is -2.00. The summed E-state index contributed by atoms with van der Waals surface area (Å²) >= 11 is 1.72. The van der Waals surface area contributed by atoms with Gasteiger partial charge in [-0.1, -0.05) is 26.8 Å². The van der Waals surface area contributed by atoms with Gasteiger partial charge in [0.25, 0.3) is 5.91 Å². The standard InChI is InChI=1S/C26H32F3NO3S2/c1-24(2,3)34-21-11-9-18(10-12-21)23(31)30-15-13-19(14-16-30)25(4,5)35(32,33)22-8-6-7-20(17-22)26(27,28)29/h6-12,17,19H,13-16H2,1-5H3. The first-order valence-electron chi connectivity index (χ1n) is 11.5. The average molecular weight is 528 g/mol. The Morgan fingerprint density at radius 1 is 0.943 bits per heavy atom. The summed E-state index contributed by atoms with van der Waals surface area (Å²) < 4.78 is 64.9. The van der Waals surface area contributed by atoms with Crippen molar-refractivity contribution in [3.8, 4) is 0 Å². The number of thioether (sulfide) groups is 1. The molecule has 0 aromatic heterocycles. The number of benzene rings is 2. The van der Waals surface area contributed by atoms with Gasteiger partial charge < -0.3 is 4.90 Å². The number of carbonyl (C=O) groups is 1. The van der Waals surface area contributed by atoms with Crippen molar-refractivity contribution in [1.29, 1.82) is 0 Å². The monoisotopic (exact) mass is 527 g/mol. The van der Waals surface area contributed by atoms with Crippen molar-refractivity contribution in [2.45, 2.75) is 72.9 Å². The Kier molecular flexibility index (Phi) is 7.73. The molecular formula is C26H32F3NO3S2. The van der Waals surface area contributed by atoms with Crippen LogP contribution in [0.4, 0.5) is 13.2 Å². The minimum absolute atomic E-state index is 0.0641. The van der Waals surface area contributed by atoms with Gasteiger partial charge in [0.2, 0.25) is 0 Å². The Balaban J connectivity index is 1.70. The highest BCUT2D eigenvalue weighted by atomic mass is 32.2. The second-order valence-electron chi connectivity index (χ2n) is 10.4. The Morgan fingerprint density at radius 2 is 1.51 bits per heavy atom. The Morgan fingerprint density at radius 3 is 2.03 bits per heavy atom. The third kappa shape index (κ3) is 6.23. The van der Waals surface area contributed by atoms with Crippen LogP contribution in [0.1, 0.15) is 63.4 Å². The van der Waals surface area contributed by atoms with Crippen LogP contribution in [0.15, 0.2) is 58.3 Å². The van der Waals surface area contributed by atoms with E-state index in [1.165, 1.54) is 6.07 Å². The molecule has 0 bridgehead atoms. The molecule has 1 aliphatic rings. The molecule has 0 spiro atoms. The van der Waals surface area contributed by atoms with Crippen LogP contribution in [-0.2, 0) is 16.0 Å². The number of hydrogen-bond donors (Lipinski definition) is 0. The van der Waals surface area contributed by atoms with E-state index in [0.717, 1.165) is 17.0 Å². The molecule has 3 rings (SSSR count). The van der Waals surface area contributed by atoms with Crippen molar-refractivity contribution in [2.75, 3.05) is 13.1 Å². The molecule has 1 amide bonds. The van der Waals surface area contributed by atoms with E-state index >= 15 is 0 Å². The van der Waals surface area contributed by atoms with Crippen LogP contribution in [-0.4, -0.2) is 41.8 Å². The molecule has 0 saturated carbocycles.